The van der Waals surface area contributed by atoms with E-state index in [0.717, 1.165) is 16.6 Å². The molecule has 0 radical (unpaired) electrons. The van der Waals surface area contributed by atoms with Gasteiger partial charge in [0.2, 0.25) is 0 Å². The first-order valence-corrected chi connectivity index (χ1v) is 6.61. The quantitative estimate of drug-likeness (QED) is 0.782. The van der Waals surface area contributed by atoms with Crippen molar-refractivity contribution in [2.75, 3.05) is 10.6 Å². The molecule has 2 amide bonds. The van der Waals surface area contributed by atoms with E-state index in [-0.39, 0.29) is 5.69 Å². The Morgan fingerprint density at radius 1 is 1.00 bits per heavy atom. The van der Waals surface area contributed by atoms with Crippen LogP contribution in [0.5, 0.6) is 0 Å². The van der Waals surface area contributed by atoms with Crippen molar-refractivity contribution in [2.45, 2.75) is 0 Å². The first-order chi connectivity index (χ1) is 9.95. The number of nitrogens with one attached hydrogen (secondary N) is 2. The molecule has 2 aromatic carbocycles. The Morgan fingerprint density at radius 2 is 1.57 bits per heavy atom. The van der Waals surface area contributed by atoms with Gasteiger partial charge in [0.25, 0.3) is 0 Å². The second-order valence-corrected chi connectivity index (χ2v) is 5.00. The zero-order valence-corrected chi connectivity index (χ0v) is 12.1. The maximum atomic E-state index is 13.5. The Hall–Kier alpha value is -2.41. The summed E-state index contributed by atoms with van der Waals surface area (Å²) in [5.41, 5.74) is 0.277. The van der Waals surface area contributed by atoms with E-state index in [1.54, 1.807) is 24.3 Å². The lowest BCUT2D eigenvalue weighted by Crippen LogP contribution is -2.19. The third kappa shape index (κ3) is 4.03. The number of amides is 2. The van der Waals surface area contributed by atoms with Gasteiger partial charge in [-0.25, -0.2) is 14.0 Å². The van der Waals surface area contributed by atoms with Crippen molar-refractivity contribution >= 4 is 39.3 Å². The van der Waals surface area contributed by atoms with Crippen LogP contribution in [0.3, 0.4) is 0 Å². The van der Waals surface area contributed by atoms with Gasteiger partial charge in [-0.1, -0.05) is 15.9 Å². The molecule has 3 N–H and O–H groups in total. The number of hydrogen-bond acceptors (Lipinski definition) is 2. The molecule has 108 valence electrons. The number of carboxylic acid groups (broad SMARTS) is 1. The van der Waals surface area contributed by atoms with Crippen molar-refractivity contribution < 1.29 is 19.1 Å². The normalized spacial score (nSPS) is 10.0. The Balaban J connectivity index is 2.04. The molecule has 0 fully saturated rings. The molecular weight excluding hydrogens is 343 g/mol. The van der Waals surface area contributed by atoms with Crippen LogP contribution in [0.25, 0.3) is 0 Å². The summed E-state index contributed by atoms with van der Waals surface area (Å²) < 4.78 is 14.3. The molecule has 0 unspecified atom stereocenters. The summed E-state index contributed by atoms with van der Waals surface area (Å²) in [4.78, 5) is 22.4. The van der Waals surface area contributed by atoms with E-state index in [0.29, 0.717) is 5.69 Å². The lowest BCUT2D eigenvalue weighted by atomic mass is 10.2. The highest BCUT2D eigenvalue weighted by molar-refractivity contribution is 9.10. The summed E-state index contributed by atoms with van der Waals surface area (Å²) >= 11 is 3.27. The number of rotatable bonds is 3. The van der Waals surface area contributed by atoms with E-state index < -0.39 is 23.4 Å². The van der Waals surface area contributed by atoms with Gasteiger partial charge in [0.15, 0.2) is 0 Å². The molecule has 0 bridgehead atoms. The summed E-state index contributed by atoms with van der Waals surface area (Å²) in [6.45, 7) is 0. The number of aromatic carboxylic acids is 1. The first kappa shape index (κ1) is 15.0. The fourth-order valence-electron chi connectivity index (χ4n) is 1.59. The van der Waals surface area contributed by atoms with Crippen LogP contribution in [0.1, 0.15) is 10.4 Å². The van der Waals surface area contributed by atoms with Gasteiger partial charge in [-0.3, -0.25) is 0 Å². The van der Waals surface area contributed by atoms with Gasteiger partial charge < -0.3 is 15.7 Å². The second kappa shape index (κ2) is 6.36. The number of carbonyl (C=O) groups is 2. The fraction of sp³-hybridized carbons (Fsp3) is 0. The van der Waals surface area contributed by atoms with Crippen LogP contribution in [0.2, 0.25) is 0 Å². The molecule has 0 aliphatic rings. The van der Waals surface area contributed by atoms with Gasteiger partial charge in [0.1, 0.15) is 5.82 Å². The van der Waals surface area contributed by atoms with Crippen LogP contribution in [-0.2, 0) is 0 Å². The van der Waals surface area contributed by atoms with Crippen molar-refractivity contribution in [3.8, 4) is 0 Å². The van der Waals surface area contributed by atoms with Crippen LogP contribution in [0.15, 0.2) is 46.9 Å². The molecule has 0 aromatic heterocycles. The second-order valence-electron chi connectivity index (χ2n) is 4.09. The molecule has 0 saturated carbocycles. The van der Waals surface area contributed by atoms with Crippen molar-refractivity contribution in [1.82, 2.24) is 0 Å². The summed E-state index contributed by atoms with van der Waals surface area (Å²) in [6.07, 6.45) is 0. The number of anilines is 2. The minimum atomic E-state index is -1.36. The molecule has 0 saturated heterocycles. The third-order valence-corrected chi connectivity index (χ3v) is 3.09. The minimum absolute atomic E-state index is 0.159. The van der Waals surface area contributed by atoms with Crippen molar-refractivity contribution in [3.63, 3.8) is 0 Å². The fourth-order valence-corrected chi connectivity index (χ4v) is 1.86. The zero-order valence-electron chi connectivity index (χ0n) is 10.6. The van der Waals surface area contributed by atoms with Gasteiger partial charge in [-0.2, -0.15) is 0 Å². The Labute approximate surface area is 127 Å². The number of carbonyl (C=O) groups excluding carboxylic acids is 1. The summed E-state index contributed by atoms with van der Waals surface area (Å²) in [5, 5.41) is 13.7. The molecule has 0 aliphatic carbocycles. The average Bonchev–Trinajstić information content (AvgIpc) is 2.41. The summed E-state index contributed by atoms with van der Waals surface area (Å²) in [5.74, 6) is -2.28. The highest BCUT2D eigenvalue weighted by atomic mass is 79.9. The minimum Gasteiger partial charge on any atom is -0.478 e. The van der Waals surface area contributed by atoms with E-state index in [1.165, 1.54) is 6.07 Å². The molecular formula is C14H10BrFN2O3. The maximum Gasteiger partial charge on any atom is 0.338 e. The van der Waals surface area contributed by atoms with Crippen LogP contribution >= 0.6 is 15.9 Å². The van der Waals surface area contributed by atoms with E-state index in [4.69, 9.17) is 5.11 Å². The molecule has 0 atom stereocenters. The lowest BCUT2D eigenvalue weighted by Gasteiger charge is -2.08. The third-order valence-electron chi connectivity index (χ3n) is 2.56. The Bertz CT molecular complexity index is 689. The largest absolute Gasteiger partial charge is 0.478 e. The topological polar surface area (TPSA) is 78.4 Å². The highest BCUT2D eigenvalue weighted by Crippen LogP contribution is 2.16. The molecule has 21 heavy (non-hydrogen) atoms. The van der Waals surface area contributed by atoms with Crippen molar-refractivity contribution in [2.24, 2.45) is 0 Å². The van der Waals surface area contributed by atoms with Gasteiger partial charge >= 0.3 is 12.0 Å². The van der Waals surface area contributed by atoms with Gasteiger partial charge in [0.05, 0.1) is 5.56 Å². The Morgan fingerprint density at radius 3 is 2.14 bits per heavy atom. The van der Waals surface area contributed by atoms with E-state index in [1.807, 2.05) is 0 Å². The summed E-state index contributed by atoms with van der Waals surface area (Å²) in [7, 11) is 0. The molecule has 2 rings (SSSR count). The standard InChI is InChI=1S/C14H10BrFN2O3/c15-8-1-3-9(4-2-8)17-14(21)18-10-5-6-11(13(19)20)12(16)7-10/h1-7H,(H,19,20)(H2,17,18,21). The number of hydrogen-bond donors (Lipinski definition) is 3. The number of halogens is 2. The highest BCUT2D eigenvalue weighted by Gasteiger charge is 2.11. The van der Waals surface area contributed by atoms with Crippen LogP contribution < -0.4 is 10.6 Å². The Kier molecular flexibility index (Phi) is 4.54. The van der Waals surface area contributed by atoms with Crippen LogP contribution in [0.4, 0.5) is 20.6 Å². The van der Waals surface area contributed by atoms with Crippen LogP contribution in [0, 0.1) is 5.82 Å². The SMILES string of the molecule is O=C(Nc1ccc(Br)cc1)Nc1ccc(C(=O)O)c(F)c1. The smallest absolute Gasteiger partial charge is 0.338 e. The molecule has 0 spiro atoms. The van der Waals surface area contributed by atoms with E-state index >= 15 is 0 Å². The van der Waals surface area contributed by atoms with Gasteiger partial charge in [-0.15, -0.1) is 0 Å². The number of urea groups is 1. The predicted molar refractivity (Wildman–Crippen MR) is 80.1 cm³/mol. The van der Waals surface area contributed by atoms with Crippen molar-refractivity contribution in [1.29, 1.82) is 0 Å². The number of carboxylic acids is 1. The zero-order chi connectivity index (χ0) is 15.4. The maximum absolute atomic E-state index is 13.5. The molecule has 5 nitrogen and oxygen atoms in total. The summed E-state index contributed by atoms with van der Waals surface area (Å²) in [6, 6.07) is 9.70. The van der Waals surface area contributed by atoms with Crippen molar-refractivity contribution in [3.05, 3.63) is 58.3 Å². The average molecular weight is 353 g/mol. The van der Waals surface area contributed by atoms with Gasteiger partial charge in [-0.05, 0) is 42.5 Å². The number of benzene rings is 2. The van der Waals surface area contributed by atoms with Gasteiger partial charge in [0, 0.05) is 15.8 Å². The van der Waals surface area contributed by atoms with E-state index in [2.05, 4.69) is 26.6 Å². The monoisotopic (exact) mass is 352 g/mol. The first-order valence-electron chi connectivity index (χ1n) is 5.82. The predicted octanol–water partition coefficient (Wildman–Crippen LogP) is 3.93. The molecule has 0 heterocycles. The molecule has 7 heteroatoms. The molecule has 0 aliphatic heterocycles. The molecule has 2 aromatic rings. The van der Waals surface area contributed by atoms with Crippen LogP contribution in [-0.4, -0.2) is 17.1 Å². The lowest BCUT2D eigenvalue weighted by molar-refractivity contribution is 0.0692. The van der Waals surface area contributed by atoms with E-state index in [9.17, 15) is 14.0 Å².